The lowest BCUT2D eigenvalue weighted by molar-refractivity contribution is -0.136. The third kappa shape index (κ3) is 5.15. The van der Waals surface area contributed by atoms with Gasteiger partial charge in [-0.1, -0.05) is 30.3 Å². The lowest BCUT2D eigenvalue weighted by Crippen LogP contribution is -2.36. The van der Waals surface area contributed by atoms with Crippen LogP contribution in [0.5, 0.6) is 0 Å². The van der Waals surface area contributed by atoms with Gasteiger partial charge in [0, 0.05) is 17.6 Å². The molecule has 0 fully saturated rings. The molecule has 0 atom stereocenters. The minimum Gasteiger partial charge on any atom is -0.347 e. The first-order valence-corrected chi connectivity index (χ1v) is 10.4. The molecule has 1 aromatic heterocycles. The number of rotatable bonds is 5. The summed E-state index contributed by atoms with van der Waals surface area (Å²) in [6, 6.07) is 15.1. The van der Waals surface area contributed by atoms with E-state index in [1.807, 2.05) is 31.2 Å². The monoisotopic (exact) mass is 412 g/mol. The van der Waals surface area contributed by atoms with Gasteiger partial charge in [-0.25, -0.2) is 13.6 Å². The van der Waals surface area contributed by atoms with Crippen molar-refractivity contribution in [3.8, 4) is 0 Å². The van der Waals surface area contributed by atoms with E-state index in [-0.39, 0.29) is 11.4 Å². The minimum absolute atomic E-state index is 0.0181. The van der Waals surface area contributed by atoms with Crippen molar-refractivity contribution in [2.24, 2.45) is 5.14 Å². The summed E-state index contributed by atoms with van der Waals surface area (Å²) < 4.78 is 22.5. The minimum atomic E-state index is -3.74. The van der Waals surface area contributed by atoms with Crippen LogP contribution in [0.2, 0.25) is 0 Å². The van der Waals surface area contributed by atoms with Crippen LogP contribution in [0.3, 0.4) is 0 Å². The molecule has 0 spiro atoms. The second kappa shape index (κ2) is 8.38. The highest BCUT2D eigenvalue weighted by molar-refractivity contribution is 7.89. The first-order chi connectivity index (χ1) is 13.7. The zero-order valence-electron chi connectivity index (χ0n) is 15.7. The van der Waals surface area contributed by atoms with E-state index in [9.17, 15) is 18.0 Å². The van der Waals surface area contributed by atoms with Gasteiger partial charge in [-0.3, -0.25) is 14.6 Å². The molecule has 0 bridgehead atoms. The van der Waals surface area contributed by atoms with Gasteiger partial charge in [0.25, 0.3) is 0 Å². The number of hydrogen-bond donors (Lipinski definition) is 3. The van der Waals surface area contributed by atoms with E-state index in [0.717, 1.165) is 22.2 Å². The number of fused-ring (bicyclic) bond motifs is 1. The van der Waals surface area contributed by atoms with Crippen LogP contribution in [-0.4, -0.2) is 31.8 Å². The molecule has 0 aliphatic carbocycles. The number of amides is 2. The molecule has 150 valence electrons. The van der Waals surface area contributed by atoms with E-state index in [4.69, 9.17) is 5.14 Å². The lowest BCUT2D eigenvalue weighted by Gasteiger charge is -2.10. The van der Waals surface area contributed by atoms with Gasteiger partial charge < -0.3 is 10.6 Å². The zero-order chi connectivity index (χ0) is 21.0. The number of benzene rings is 2. The summed E-state index contributed by atoms with van der Waals surface area (Å²) >= 11 is 0. The third-order valence-corrected chi connectivity index (χ3v) is 5.18. The molecular formula is C20H20N4O4S. The van der Waals surface area contributed by atoms with Gasteiger partial charge in [0.05, 0.1) is 16.1 Å². The molecule has 0 saturated heterocycles. The normalized spacial score (nSPS) is 11.2. The van der Waals surface area contributed by atoms with Gasteiger partial charge in [-0.05, 0) is 43.2 Å². The molecule has 3 aromatic rings. The molecule has 9 heteroatoms. The zero-order valence-corrected chi connectivity index (χ0v) is 16.5. The largest absolute Gasteiger partial charge is 0.347 e. The fraction of sp³-hybridized carbons (Fsp3) is 0.150. The summed E-state index contributed by atoms with van der Waals surface area (Å²) in [6.07, 6.45) is 0.432. The smallest absolute Gasteiger partial charge is 0.313 e. The highest BCUT2D eigenvalue weighted by Crippen LogP contribution is 2.22. The van der Waals surface area contributed by atoms with Gasteiger partial charge in [-0.15, -0.1) is 0 Å². The van der Waals surface area contributed by atoms with E-state index >= 15 is 0 Å². The van der Waals surface area contributed by atoms with Gasteiger partial charge in [0.15, 0.2) is 0 Å². The van der Waals surface area contributed by atoms with Crippen LogP contribution >= 0.6 is 0 Å². The van der Waals surface area contributed by atoms with E-state index in [1.165, 1.54) is 12.1 Å². The average Bonchev–Trinajstić information content (AvgIpc) is 2.67. The Morgan fingerprint density at radius 2 is 1.72 bits per heavy atom. The highest BCUT2D eigenvalue weighted by atomic mass is 32.2. The lowest BCUT2D eigenvalue weighted by atomic mass is 10.1. The molecule has 0 radical (unpaired) electrons. The topological polar surface area (TPSA) is 131 Å². The Kier molecular flexibility index (Phi) is 5.90. The number of aryl methyl sites for hydroxylation is 1. The molecule has 0 unspecified atom stereocenters. The second-order valence-corrected chi connectivity index (χ2v) is 8.04. The molecule has 2 aromatic carbocycles. The van der Waals surface area contributed by atoms with Crippen molar-refractivity contribution in [1.82, 2.24) is 10.3 Å². The first kappa shape index (κ1) is 20.4. The molecule has 1 heterocycles. The molecule has 29 heavy (non-hydrogen) atoms. The van der Waals surface area contributed by atoms with Crippen LogP contribution in [0.1, 0.15) is 11.3 Å². The van der Waals surface area contributed by atoms with Crippen molar-refractivity contribution in [3.05, 3.63) is 65.9 Å². The van der Waals surface area contributed by atoms with Crippen molar-refractivity contribution in [1.29, 1.82) is 0 Å². The maximum Gasteiger partial charge on any atom is 0.313 e. The number of para-hydroxylation sites is 1. The standard InChI is InChI=1S/C20H20N4O4S/c1-13-12-18(16-4-2-3-5-17(16)23-13)24-20(26)19(25)22-11-10-14-6-8-15(9-7-14)29(21,27)28/h2-9,12H,10-11H2,1H3,(H,22,25)(H2,21,27,28)(H,23,24,26). The molecule has 0 aliphatic rings. The average molecular weight is 412 g/mol. The SMILES string of the molecule is Cc1cc(NC(=O)C(=O)NCCc2ccc(S(N)(=O)=O)cc2)c2ccccc2n1. The van der Waals surface area contributed by atoms with E-state index in [0.29, 0.717) is 12.1 Å². The maximum atomic E-state index is 12.2. The van der Waals surface area contributed by atoms with Crippen LogP contribution in [0.25, 0.3) is 10.9 Å². The molecule has 0 aliphatic heterocycles. The predicted molar refractivity (Wildman–Crippen MR) is 110 cm³/mol. The van der Waals surface area contributed by atoms with Crippen LogP contribution in [0.15, 0.2) is 59.5 Å². The Balaban J connectivity index is 1.58. The van der Waals surface area contributed by atoms with Gasteiger partial charge >= 0.3 is 11.8 Å². The van der Waals surface area contributed by atoms with E-state index in [1.54, 1.807) is 18.2 Å². The number of primary sulfonamides is 1. The summed E-state index contributed by atoms with van der Waals surface area (Å²) in [4.78, 5) is 28.8. The van der Waals surface area contributed by atoms with Crippen LogP contribution in [0, 0.1) is 6.92 Å². The fourth-order valence-corrected chi connectivity index (χ4v) is 3.35. The number of anilines is 1. The summed E-state index contributed by atoms with van der Waals surface area (Å²) in [5, 5.41) is 11.0. The van der Waals surface area contributed by atoms with E-state index in [2.05, 4.69) is 15.6 Å². The van der Waals surface area contributed by atoms with Gasteiger partial charge in [0.1, 0.15) is 0 Å². The number of hydrogen-bond acceptors (Lipinski definition) is 5. The Morgan fingerprint density at radius 3 is 2.41 bits per heavy atom. The predicted octanol–water partition coefficient (Wildman–Crippen LogP) is 1.49. The first-order valence-electron chi connectivity index (χ1n) is 8.81. The third-order valence-electron chi connectivity index (χ3n) is 4.25. The van der Waals surface area contributed by atoms with Crippen molar-refractivity contribution >= 4 is 38.4 Å². The summed E-state index contributed by atoms with van der Waals surface area (Å²) in [6.45, 7) is 2.03. The molecule has 2 amide bonds. The van der Waals surface area contributed by atoms with Crippen LogP contribution in [-0.2, 0) is 26.0 Å². The Labute approximate surface area is 168 Å². The van der Waals surface area contributed by atoms with Crippen molar-refractivity contribution in [3.63, 3.8) is 0 Å². The Bertz CT molecular complexity index is 1170. The van der Waals surface area contributed by atoms with Gasteiger partial charge in [0.2, 0.25) is 10.0 Å². The number of nitrogens with one attached hydrogen (secondary N) is 2. The number of carbonyl (C=O) groups excluding carboxylic acids is 2. The molecule has 3 rings (SSSR count). The maximum absolute atomic E-state index is 12.2. The highest BCUT2D eigenvalue weighted by Gasteiger charge is 2.15. The quantitative estimate of drug-likeness (QED) is 0.546. The Morgan fingerprint density at radius 1 is 1.03 bits per heavy atom. The van der Waals surface area contributed by atoms with Crippen LogP contribution in [0.4, 0.5) is 5.69 Å². The van der Waals surface area contributed by atoms with Crippen molar-refractivity contribution < 1.29 is 18.0 Å². The Hall–Kier alpha value is -3.30. The van der Waals surface area contributed by atoms with Crippen molar-refractivity contribution in [2.75, 3.05) is 11.9 Å². The molecule has 0 saturated carbocycles. The number of nitrogens with two attached hydrogens (primary N) is 1. The van der Waals surface area contributed by atoms with Crippen LogP contribution < -0.4 is 15.8 Å². The van der Waals surface area contributed by atoms with Crippen molar-refractivity contribution in [2.45, 2.75) is 18.2 Å². The number of carbonyl (C=O) groups is 2. The summed E-state index contributed by atoms with van der Waals surface area (Å²) in [7, 11) is -3.74. The number of aromatic nitrogens is 1. The van der Waals surface area contributed by atoms with Gasteiger partial charge in [-0.2, -0.15) is 0 Å². The number of nitrogens with zero attached hydrogens (tertiary/aromatic N) is 1. The fourth-order valence-electron chi connectivity index (χ4n) is 2.84. The molecule has 4 N–H and O–H groups in total. The molecule has 8 nitrogen and oxygen atoms in total. The van der Waals surface area contributed by atoms with E-state index < -0.39 is 21.8 Å². The number of pyridine rings is 1. The second-order valence-electron chi connectivity index (χ2n) is 6.48. The molecular weight excluding hydrogens is 392 g/mol. The summed E-state index contributed by atoms with van der Waals surface area (Å²) in [5.41, 5.74) is 2.77. The summed E-state index contributed by atoms with van der Waals surface area (Å²) in [5.74, 6) is -1.53. The number of sulfonamides is 1.